The van der Waals surface area contributed by atoms with Crippen LogP contribution in [0.5, 0.6) is 0 Å². The first-order valence-electron chi connectivity index (χ1n) is 6.31. The van der Waals surface area contributed by atoms with Gasteiger partial charge in [-0.05, 0) is 41.3 Å². The summed E-state index contributed by atoms with van der Waals surface area (Å²) in [6, 6.07) is 0.649. The average Bonchev–Trinajstić information content (AvgIpc) is 2.15. The van der Waals surface area contributed by atoms with Gasteiger partial charge in [-0.3, -0.25) is 0 Å². The highest BCUT2D eigenvalue weighted by Gasteiger charge is 2.20. The van der Waals surface area contributed by atoms with Crippen LogP contribution in [0.4, 0.5) is 0 Å². The lowest BCUT2D eigenvalue weighted by atomic mass is 10.0. The molecule has 0 heterocycles. The van der Waals surface area contributed by atoms with Crippen molar-refractivity contribution >= 4 is 0 Å². The molecule has 0 aromatic rings. The van der Waals surface area contributed by atoms with Crippen LogP contribution >= 0.6 is 0 Å². The Morgan fingerprint density at radius 3 is 2.27 bits per heavy atom. The lowest BCUT2D eigenvalue weighted by Gasteiger charge is -2.34. The molecule has 0 saturated carbocycles. The molecule has 1 unspecified atom stereocenters. The first-order valence-corrected chi connectivity index (χ1v) is 6.31. The molecule has 0 fully saturated rings. The Morgan fingerprint density at radius 1 is 1.20 bits per heavy atom. The van der Waals surface area contributed by atoms with Crippen molar-refractivity contribution in [3.05, 3.63) is 0 Å². The summed E-state index contributed by atoms with van der Waals surface area (Å²) in [5.41, 5.74) is 0.249. The summed E-state index contributed by atoms with van der Waals surface area (Å²) in [7, 11) is 4.28. The van der Waals surface area contributed by atoms with Crippen LogP contribution in [-0.2, 0) is 0 Å². The standard InChI is InChI=1S/C13H30N2/c1-7-8-9-10-12(2)14-11-13(3,4)15(5)6/h12,14H,7-11H2,1-6H3. The zero-order valence-corrected chi connectivity index (χ0v) is 11.6. The van der Waals surface area contributed by atoms with E-state index in [2.05, 4.69) is 52.0 Å². The predicted octanol–water partition coefficient (Wildman–Crippen LogP) is 2.89. The average molecular weight is 214 g/mol. The minimum absolute atomic E-state index is 0.249. The smallest absolute Gasteiger partial charge is 0.0271 e. The Bertz CT molecular complexity index is 153. The minimum Gasteiger partial charge on any atom is -0.312 e. The van der Waals surface area contributed by atoms with Gasteiger partial charge in [-0.1, -0.05) is 26.2 Å². The maximum absolute atomic E-state index is 3.62. The van der Waals surface area contributed by atoms with Crippen molar-refractivity contribution in [1.82, 2.24) is 10.2 Å². The number of hydrogen-bond acceptors (Lipinski definition) is 2. The summed E-state index contributed by atoms with van der Waals surface area (Å²) in [6.45, 7) is 10.2. The van der Waals surface area contributed by atoms with Gasteiger partial charge in [0, 0.05) is 18.1 Å². The molecule has 0 saturated heterocycles. The second-order valence-corrected chi connectivity index (χ2v) is 5.48. The van der Waals surface area contributed by atoms with Crippen molar-refractivity contribution in [3.8, 4) is 0 Å². The molecule has 92 valence electrons. The van der Waals surface area contributed by atoms with Gasteiger partial charge in [-0.15, -0.1) is 0 Å². The molecule has 0 aromatic carbocycles. The third-order valence-corrected chi connectivity index (χ3v) is 3.33. The maximum atomic E-state index is 3.62. The van der Waals surface area contributed by atoms with Crippen molar-refractivity contribution in [2.45, 2.75) is 65.0 Å². The number of nitrogens with one attached hydrogen (secondary N) is 1. The molecule has 0 aromatic heterocycles. The van der Waals surface area contributed by atoms with Crippen molar-refractivity contribution in [2.75, 3.05) is 20.6 Å². The summed E-state index contributed by atoms with van der Waals surface area (Å²) in [5, 5.41) is 3.62. The van der Waals surface area contributed by atoms with Gasteiger partial charge in [0.15, 0.2) is 0 Å². The minimum atomic E-state index is 0.249. The topological polar surface area (TPSA) is 15.3 Å². The Labute approximate surface area is 96.4 Å². The highest BCUT2D eigenvalue weighted by atomic mass is 15.2. The molecule has 15 heavy (non-hydrogen) atoms. The summed E-state index contributed by atoms with van der Waals surface area (Å²) >= 11 is 0. The molecule has 1 atom stereocenters. The molecule has 0 aliphatic heterocycles. The second kappa shape index (κ2) is 7.24. The SMILES string of the molecule is CCCCCC(C)NCC(C)(C)N(C)C. The summed E-state index contributed by atoms with van der Waals surface area (Å²) < 4.78 is 0. The van der Waals surface area contributed by atoms with Gasteiger partial charge < -0.3 is 10.2 Å². The van der Waals surface area contributed by atoms with Crippen LogP contribution in [0.1, 0.15) is 53.4 Å². The molecule has 0 aliphatic carbocycles. The first-order chi connectivity index (χ1) is 6.90. The fourth-order valence-corrected chi connectivity index (χ4v) is 1.38. The van der Waals surface area contributed by atoms with E-state index in [1.54, 1.807) is 0 Å². The van der Waals surface area contributed by atoms with Crippen LogP contribution in [0, 0.1) is 0 Å². The number of likely N-dealkylation sites (N-methyl/N-ethyl adjacent to an activating group) is 1. The Balaban J connectivity index is 3.65. The molecule has 0 rings (SSSR count). The largest absolute Gasteiger partial charge is 0.312 e. The van der Waals surface area contributed by atoms with Crippen molar-refractivity contribution in [3.63, 3.8) is 0 Å². The zero-order valence-electron chi connectivity index (χ0n) is 11.6. The molecular formula is C13H30N2. The van der Waals surface area contributed by atoms with Gasteiger partial charge in [-0.2, -0.15) is 0 Å². The molecule has 0 radical (unpaired) electrons. The molecule has 2 nitrogen and oxygen atoms in total. The fourth-order valence-electron chi connectivity index (χ4n) is 1.38. The van der Waals surface area contributed by atoms with Crippen molar-refractivity contribution in [2.24, 2.45) is 0 Å². The Morgan fingerprint density at radius 2 is 1.80 bits per heavy atom. The van der Waals surface area contributed by atoms with E-state index in [0.29, 0.717) is 6.04 Å². The van der Waals surface area contributed by atoms with E-state index in [4.69, 9.17) is 0 Å². The maximum Gasteiger partial charge on any atom is 0.0271 e. The molecule has 2 heteroatoms. The van der Waals surface area contributed by atoms with E-state index in [9.17, 15) is 0 Å². The van der Waals surface area contributed by atoms with E-state index >= 15 is 0 Å². The van der Waals surface area contributed by atoms with Crippen LogP contribution in [-0.4, -0.2) is 37.1 Å². The Kier molecular flexibility index (Phi) is 7.20. The van der Waals surface area contributed by atoms with Crippen molar-refractivity contribution in [1.29, 1.82) is 0 Å². The molecule has 0 aliphatic rings. The van der Waals surface area contributed by atoms with E-state index in [-0.39, 0.29) is 5.54 Å². The number of hydrogen-bond donors (Lipinski definition) is 1. The first kappa shape index (κ1) is 14.9. The number of rotatable bonds is 8. The highest BCUT2D eigenvalue weighted by Crippen LogP contribution is 2.09. The summed E-state index contributed by atoms with van der Waals surface area (Å²) in [4.78, 5) is 2.28. The fraction of sp³-hybridized carbons (Fsp3) is 1.00. The van der Waals surface area contributed by atoms with Crippen LogP contribution in [0.25, 0.3) is 0 Å². The van der Waals surface area contributed by atoms with Gasteiger partial charge in [0.05, 0.1) is 0 Å². The van der Waals surface area contributed by atoms with Crippen LogP contribution in [0.15, 0.2) is 0 Å². The zero-order chi connectivity index (χ0) is 11.9. The number of nitrogens with zero attached hydrogens (tertiary/aromatic N) is 1. The van der Waals surface area contributed by atoms with Gasteiger partial charge in [-0.25, -0.2) is 0 Å². The molecule has 0 spiro atoms. The summed E-state index contributed by atoms with van der Waals surface area (Å²) in [6.07, 6.45) is 5.34. The Hall–Kier alpha value is -0.0800. The molecule has 0 bridgehead atoms. The third-order valence-electron chi connectivity index (χ3n) is 3.33. The molecule has 0 amide bonds. The lowest BCUT2D eigenvalue weighted by molar-refractivity contribution is 0.184. The monoisotopic (exact) mass is 214 g/mol. The van der Waals surface area contributed by atoms with E-state index < -0.39 is 0 Å². The van der Waals surface area contributed by atoms with E-state index in [1.807, 2.05) is 0 Å². The lowest BCUT2D eigenvalue weighted by Crippen LogP contribution is -2.48. The second-order valence-electron chi connectivity index (χ2n) is 5.48. The molecular weight excluding hydrogens is 184 g/mol. The summed E-state index contributed by atoms with van der Waals surface area (Å²) in [5.74, 6) is 0. The van der Waals surface area contributed by atoms with Gasteiger partial charge in [0.25, 0.3) is 0 Å². The third kappa shape index (κ3) is 6.91. The normalized spacial score (nSPS) is 14.6. The molecule has 1 N–H and O–H groups in total. The van der Waals surface area contributed by atoms with Gasteiger partial charge in [0.2, 0.25) is 0 Å². The highest BCUT2D eigenvalue weighted by molar-refractivity contribution is 4.80. The van der Waals surface area contributed by atoms with Crippen LogP contribution < -0.4 is 5.32 Å². The van der Waals surface area contributed by atoms with Crippen molar-refractivity contribution < 1.29 is 0 Å². The van der Waals surface area contributed by atoms with E-state index in [1.165, 1.54) is 25.7 Å². The quantitative estimate of drug-likeness (QED) is 0.625. The number of unbranched alkanes of at least 4 members (excludes halogenated alkanes) is 2. The van der Waals surface area contributed by atoms with Crippen LogP contribution in [0.3, 0.4) is 0 Å². The van der Waals surface area contributed by atoms with Crippen LogP contribution in [0.2, 0.25) is 0 Å². The predicted molar refractivity (Wildman–Crippen MR) is 69.4 cm³/mol. The van der Waals surface area contributed by atoms with Gasteiger partial charge in [0.1, 0.15) is 0 Å². The van der Waals surface area contributed by atoms with E-state index in [0.717, 1.165) is 6.54 Å². The van der Waals surface area contributed by atoms with Gasteiger partial charge >= 0.3 is 0 Å².